The second-order valence-electron chi connectivity index (χ2n) is 5.09. The van der Waals surface area contributed by atoms with Crippen LogP contribution in [0.1, 0.15) is 18.1 Å². The number of hydrogen-bond donors (Lipinski definition) is 2. The van der Waals surface area contributed by atoms with Crippen LogP contribution in [-0.4, -0.2) is 19.0 Å². The van der Waals surface area contributed by atoms with Crippen molar-refractivity contribution >= 4 is 29.9 Å². The lowest BCUT2D eigenvalue weighted by molar-refractivity contribution is 0.610. The minimum atomic E-state index is -0.251. The zero-order valence-corrected chi connectivity index (χ0v) is 15.9. The summed E-state index contributed by atoms with van der Waals surface area (Å²) in [4.78, 5) is 4.38. The van der Waals surface area contributed by atoms with Gasteiger partial charge in [-0.1, -0.05) is 30.3 Å². The summed E-state index contributed by atoms with van der Waals surface area (Å²) in [6.45, 7) is 3.63. The molecule has 0 fully saturated rings. The predicted molar refractivity (Wildman–Crippen MR) is 105 cm³/mol. The molecule has 2 N–H and O–H groups in total. The first-order valence-electron chi connectivity index (χ1n) is 7.69. The van der Waals surface area contributed by atoms with Crippen LogP contribution in [0, 0.1) is 11.6 Å². The smallest absolute Gasteiger partial charge is 0.191 e. The molecule has 2 aromatic carbocycles. The summed E-state index contributed by atoms with van der Waals surface area (Å²) < 4.78 is 26.4. The summed E-state index contributed by atoms with van der Waals surface area (Å²) in [6.07, 6.45) is 0.754. The standard InChI is InChI=1S/C18H21F2N3.HI/c1-2-21-18(23-13-15-5-3-4-6-17(15)20)22-12-11-14-7-9-16(19)10-8-14;/h3-10H,2,11-13H2,1H3,(H2,21,22,23);1H. The highest BCUT2D eigenvalue weighted by Gasteiger charge is 2.02. The number of hydrogen-bond acceptors (Lipinski definition) is 1. The molecule has 130 valence electrons. The number of benzene rings is 2. The molecule has 0 saturated heterocycles. The fourth-order valence-corrected chi connectivity index (χ4v) is 2.11. The fourth-order valence-electron chi connectivity index (χ4n) is 2.11. The van der Waals surface area contributed by atoms with E-state index in [0.29, 0.717) is 18.1 Å². The van der Waals surface area contributed by atoms with Gasteiger partial charge >= 0.3 is 0 Å². The van der Waals surface area contributed by atoms with Gasteiger partial charge in [-0.15, -0.1) is 24.0 Å². The average Bonchev–Trinajstić information content (AvgIpc) is 2.56. The van der Waals surface area contributed by atoms with Crippen LogP contribution in [0.2, 0.25) is 0 Å². The minimum Gasteiger partial charge on any atom is -0.357 e. The zero-order chi connectivity index (χ0) is 16.5. The van der Waals surface area contributed by atoms with Crippen LogP contribution in [0.4, 0.5) is 8.78 Å². The number of rotatable bonds is 6. The van der Waals surface area contributed by atoms with Crippen LogP contribution < -0.4 is 10.6 Å². The summed E-state index contributed by atoms with van der Waals surface area (Å²) in [5, 5.41) is 6.32. The van der Waals surface area contributed by atoms with Crippen molar-refractivity contribution < 1.29 is 8.78 Å². The van der Waals surface area contributed by atoms with Crippen LogP contribution in [0.15, 0.2) is 53.5 Å². The Morgan fingerprint density at radius 1 is 1.00 bits per heavy atom. The topological polar surface area (TPSA) is 36.4 Å². The molecule has 0 heterocycles. The number of aliphatic imine (C=N–C) groups is 1. The largest absolute Gasteiger partial charge is 0.357 e. The van der Waals surface area contributed by atoms with Gasteiger partial charge in [0.05, 0.1) is 6.54 Å². The first-order chi connectivity index (χ1) is 11.2. The van der Waals surface area contributed by atoms with Gasteiger partial charge in [0.1, 0.15) is 11.6 Å². The Kier molecular flexibility index (Phi) is 9.29. The second-order valence-corrected chi connectivity index (χ2v) is 5.09. The van der Waals surface area contributed by atoms with Crippen LogP contribution in [-0.2, 0) is 13.0 Å². The molecule has 6 heteroatoms. The van der Waals surface area contributed by atoms with Crippen molar-refractivity contribution in [1.29, 1.82) is 0 Å². The molecule has 24 heavy (non-hydrogen) atoms. The highest BCUT2D eigenvalue weighted by molar-refractivity contribution is 14.0. The fraction of sp³-hybridized carbons (Fsp3) is 0.278. The Morgan fingerprint density at radius 2 is 1.71 bits per heavy atom. The Hall–Kier alpha value is -1.70. The van der Waals surface area contributed by atoms with Crippen molar-refractivity contribution in [3.8, 4) is 0 Å². The van der Waals surface area contributed by atoms with Crippen LogP contribution in [0.5, 0.6) is 0 Å². The Labute approximate surface area is 158 Å². The van der Waals surface area contributed by atoms with Crippen molar-refractivity contribution in [3.63, 3.8) is 0 Å². The average molecular weight is 445 g/mol. The Bertz CT molecular complexity index is 645. The van der Waals surface area contributed by atoms with E-state index in [1.165, 1.54) is 18.2 Å². The third-order valence-electron chi connectivity index (χ3n) is 3.33. The van der Waals surface area contributed by atoms with Gasteiger partial charge in [0.15, 0.2) is 5.96 Å². The second kappa shape index (κ2) is 11.0. The van der Waals surface area contributed by atoms with Gasteiger partial charge < -0.3 is 10.6 Å². The van der Waals surface area contributed by atoms with E-state index >= 15 is 0 Å². The summed E-state index contributed by atoms with van der Waals surface area (Å²) in [7, 11) is 0. The molecule has 0 unspecified atom stereocenters. The molecule has 2 rings (SSSR count). The van der Waals surface area contributed by atoms with E-state index in [9.17, 15) is 8.78 Å². The normalized spacial score (nSPS) is 10.9. The number of nitrogens with one attached hydrogen (secondary N) is 2. The van der Waals surface area contributed by atoms with Crippen molar-refractivity contribution in [2.24, 2.45) is 4.99 Å². The lowest BCUT2D eigenvalue weighted by Gasteiger charge is -2.11. The molecule has 0 aliphatic carbocycles. The van der Waals surface area contributed by atoms with Gasteiger partial charge in [-0.25, -0.2) is 13.8 Å². The molecule has 3 nitrogen and oxygen atoms in total. The molecule has 0 aliphatic heterocycles. The van der Waals surface area contributed by atoms with Crippen LogP contribution in [0.3, 0.4) is 0 Å². The molecule has 0 radical (unpaired) electrons. The van der Waals surface area contributed by atoms with Crippen molar-refractivity contribution in [2.75, 3.05) is 13.1 Å². The number of nitrogens with zero attached hydrogens (tertiary/aromatic N) is 1. The highest BCUT2D eigenvalue weighted by Crippen LogP contribution is 2.07. The van der Waals surface area contributed by atoms with Gasteiger partial charge in [0, 0.05) is 18.7 Å². The Morgan fingerprint density at radius 3 is 2.38 bits per heavy atom. The third kappa shape index (κ3) is 6.82. The van der Waals surface area contributed by atoms with E-state index in [0.717, 1.165) is 18.5 Å². The molecule has 0 aromatic heterocycles. The maximum atomic E-state index is 13.6. The maximum absolute atomic E-state index is 13.6. The monoisotopic (exact) mass is 445 g/mol. The zero-order valence-electron chi connectivity index (χ0n) is 13.6. The molecule has 2 aromatic rings. The number of halogens is 3. The molecule has 0 aliphatic rings. The minimum absolute atomic E-state index is 0. The molecular formula is C18H22F2IN3. The summed E-state index contributed by atoms with van der Waals surface area (Å²) >= 11 is 0. The summed E-state index contributed by atoms with van der Waals surface area (Å²) in [5.41, 5.74) is 1.60. The summed E-state index contributed by atoms with van der Waals surface area (Å²) in [6, 6.07) is 13.0. The molecule has 0 saturated carbocycles. The lowest BCUT2D eigenvalue weighted by Crippen LogP contribution is -2.38. The lowest BCUT2D eigenvalue weighted by atomic mass is 10.1. The predicted octanol–water partition coefficient (Wildman–Crippen LogP) is 3.88. The van der Waals surface area contributed by atoms with Gasteiger partial charge in [0.25, 0.3) is 0 Å². The molecule has 0 spiro atoms. The quantitative estimate of drug-likeness (QED) is 0.403. The van der Waals surface area contributed by atoms with Crippen molar-refractivity contribution in [1.82, 2.24) is 10.6 Å². The third-order valence-corrected chi connectivity index (χ3v) is 3.33. The van der Waals surface area contributed by atoms with E-state index in [-0.39, 0.29) is 42.2 Å². The van der Waals surface area contributed by atoms with E-state index in [1.807, 2.05) is 6.92 Å². The molecule has 0 bridgehead atoms. The van der Waals surface area contributed by atoms with Gasteiger partial charge in [0.2, 0.25) is 0 Å². The molecule has 0 amide bonds. The van der Waals surface area contributed by atoms with Gasteiger partial charge in [-0.05, 0) is 37.1 Å². The number of guanidine groups is 1. The van der Waals surface area contributed by atoms with Gasteiger partial charge in [-0.2, -0.15) is 0 Å². The van der Waals surface area contributed by atoms with E-state index in [4.69, 9.17) is 0 Å². The first-order valence-corrected chi connectivity index (χ1v) is 7.69. The first kappa shape index (κ1) is 20.3. The highest BCUT2D eigenvalue weighted by atomic mass is 127. The van der Waals surface area contributed by atoms with E-state index in [2.05, 4.69) is 15.6 Å². The molecular weight excluding hydrogens is 423 g/mol. The van der Waals surface area contributed by atoms with E-state index < -0.39 is 0 Å². The SMILES string of the molecule is CCNC(=NCc1ccccc1F)NCCc1ccc(F)cc1.I. The van der Waals surface area contributed by atoms with Crippen LogP contribution >= 0.6 is 24.0 Å². The Balaban J connectivity index is 0.00000288. The maximum Gasteiger partial charge on any atom is 0.191 e. The summed E-state index contributed by atoms with van der Waals surface area (Å²) in [5.74, 6) is 0.151. The van der Waals surface area contributed by atoms with Gasteiger partial charge in [-0.3, -0.25) is 0 Å². The van der Waals surface area contributed by atoms with Crippen molar-refractivity contribution in [3.05, 3.63) is 71.3 Å². The van der Waals surface area contributed by atoms with Crippen LogP contribution in [0.25, 0.3) is 0 Å². The van der Waals surface area contributed by atoms with Crippen molar-refractivity contribution in [2.45, 2.75) is 19.9 Å². The van der Waals surface area contributed by atoms with E-state index in [1.54, 1.807) is 30.3 Å². The molecule has 0 atom stereocenters.